The Morgan fingerprint density at radius 1 is 1.47 bits per heavy atom. The fourth-order valence-corrected chi connectivity index (χ4v) is 2.44. The average Bonchev–Trinajstić information content (AvgIpc) is 2.29. The molecule has 1 heterocycles. The quantitative estimate of drug-likeness (QED) is 0.748. The lowest BCUT2D eigenvalue weighted by Gasteiger charge is -2.21. The van der Waals surface area contributed by atoms with Crippen molar-refractivity contribution in [1.82, 2.24) is 5.32 Å². The Morgan fingerprint density at radius 3 is 3.00 bits per heavy atom. The molecule has 0 saturated heterocycles. The van der Waals surface area contributed by atoms with Crippen LogP contribution in [0.4, 0.5) is 0 Å². The van der Waals surface area contributed by atoms with Gasteiger partial charge in [0.05, 0.1) is 6.04 Å². The molecule has 0 saturated carbocycles. The van der Waals surface area contributed by atoms with Crippen molar-refractivity contribution in [2.45, 2.75) is 17.4 Å². The molecule has 1 aliphatic rings. The first kappa shape index (κ1) is 10.4. The van der Waals surface area contributed by atoms with Gasteiger partial charge in [-0.25, -0.2) is 4.99 Å². The largest absolute Gasteiger partial charge is 0.370 e. The van der Waals surface area contributed by atoms with E-state index in [1.807, 2.05) is 0 Å². The molecule has 15 heavy (non-hydrogen) atoms. The van der Waals surface area contributed by atoms with Gasteiger partial charge in [-0.2, -0.15) is 0 Å². The minimum absolute atomic E-state index is 0.217. The van der Waals surface area contributed by atoms with E-state index in [0.29, 0.717) is 5.96 Å². The van der Waals surface area contributed by atoms with Gasteiger partial charge in [-0.15, -0.1) is 11.8 Å². The fraction of sp³-hybridized carbons (Fsp3) is 0.364. The smallest absolute Gasteiger partial charge is 0.189 e. The van der Waals surface area contributed by atoms with Crippen molar-refractivity contribution in [3.05, 3.63) is 29.8 Å². The number of nitrogens with zero attached hydrogens (tertiary/aromatic N) is 1. The lowest BCUT2D eigenvalue weighted by Crippen LogP contribution is -2.37. The Morgan fingerprint density at radius 2 is 2.27 bits per heavy atom. The number of rotatable bonds is 2. The molecular weight excluding hydrogens is 206 g/mol. The van der Waals surface area contributed by atoms with Gasteiger partial charge in [-0.1, -0.05) is 18.2 Å². The van der Waals surface area contributed by atoms with Crippen LogP contribution in [0.2, 0.25) is 0 Å². The first-order valence-electron chi connectivity index (χ1n) is 5.01. The van der Waals surface area contributed by atoms with Gasteiger partial charge in [0.1, 0.15) is 0 Å². The highest BCUT2D eigenvalue weighted by Gasteiger charge is 2.17. The number of benzene rings is 1. The lowest BCUT2D eigenvalue weighted by atomic mass is 10.0. The van der Waals surface area contributed by atoms with Crippen LogP contribution in [0.5, 0.6) is 0 Å². The van der Waals surface area contributed by atoms with Crippen molar-refractivity contribution in [2.75, 3.05) is 12.8 Å². The third kappa shape index (κ3) is 2.26. The standard InChI is InChI=1S/C11H15N3S/c1-15-10-5-3-2-4-8(10)9-6-7-13-11(12)14-9/h2-5,9H,6-7H2,1H3,(H3,12,13,14). The Hall–Kier alpha value is -1.16. The summed E-state index contributed by atoms with van der Waals surface area (Å²) in [6.07, 6.45) is 3.10. The Balaban J connectivity index is 2.32. The van der Waals surface area contributed by atoms with Crippen molar-refractivity contribution in [3.63, 3.8) is 0 Å². The fourth-order valence-electron chi connectivity index (χ4n) is 1.78. The number of thioether (sulfide) groups is 1. The molecule has 0 aromatic heterocycles. The second-order valence-corrected chi connectivity index (χ2v) is 4.34. The third-order valence-corrected chi connectivity index (χ3v) is 3.33. The van der Waals surface area contributed by atoms with Crippen LogP contribution < -0.4 is 11.1 Å². The number of guanidine groups is 1. The van der Waals surface area contributed by atoms with Crippen LogP contribution in [0.3, 0.4) is 0 Å². The van der Waals surface area contributed by atoms with Gasteiger partial charge in [0.25, 0.3) is 0 Å². The molecule has 0 aliphatic carbocycles. The summed E-state index contributed by atoms with van der Waals surface area (Å²) in [4.78, 5) is 5.72. The molecular formula is C11H15N3S. The predicted octanol–water partition coefficient (Wildman–Crippen LogP) is 1.76. The third-order valence-electron chi connectivity index (χ3n) is 2.52. The minimum Gasteiger partial charge on any atom is -0.370 e. The Bertz CT molecular complexity index is 376. The molecule has 0 radical (unpaired) electrons. The summed E-state index contributed by atoms with van der Waals surface area (Å²) in [5.74, 6) is 0.558. The molecule has 4 heteroatoms. The topological polar surface area (TPSA) is 50.4 Å². The molecule has 0 bridgehead atoms. The van der Waals surface area contributed by atoms with Gasteiger partial charge in [0.2, 0.25) is 0 Å². The van der Waals surface area contributed by atoms with Crippen molar-refractivity contribution in [1.29, 1.82) is 0 Å². The van der Waals surface area contributed by atoms with E-state index in [4.69, 9.17) is 5.73 Å². The first-order chi connectivity index (χ1) is 7.31. The van der Waals surface area contributed by atoms with Crippen LogP contribution in [-0.2, 0) is 0 Å². The summed E-state index contributed by atoms with van der Waals surface area (Å²) in [6, 6.07) is 8.61. The van der Waals surface area contributed by atoms with Crippen molar-refractivity contribution < 1.29 is 0 Å². The average molecular weight is 221 g/mol. The van der Waals surface area contributed by atoms with E-state index in [2.05, 4.69) is 40.8 Å². The Labute approximate surface area is 94.2 Å². The molecule has 0 amide bonds. The monoisotopic (exact) mass is 221 g/mol. The molecule has 1 aromatic carbocycles. The second-order valence-electron chi connectivity index (χ2n) is 3.49. The molecule has 0 fully saturated rings. The molecule has 1 atom stereocenters. The molecule has 1 unspecified atom stereocenters. The summed E-state index contributed by atoms with van der Waals surface area (Å²) >= 11 is 1.76. The van der Waals surface area contributed by atoms with Gasteiger partial charge in [-0.05, 0) is 24.3 Å². The van der Waals surface area contributed by atoms with Gasteiger partial charge < -0.3 is 11.1 Å². The normalized spacial score (nSPS) is 20.6. The van der Waals surface area contributed by atoms with E-state index in [9.17, 15) is 0 Å². The van der Waals surface area contributed by atoms with Crippen LogP contribution in [0.1, 0.15) is 18.0 Å². The minimum atomic E-state index is 0.217. The maximum absolute atomic E-state index is 5.69. The van der Waals surface area contributed by atoms with Gasteiger partial charge in [0.15, 0.2) is 5.96 Å². The molecule has 3 N–H and O–H groups in total. The highest BCUT2D eigenvalue weighted by atomic mass is 32.2. The SMILES string of the molecule is CSc1ccccc1C1CCNC(N)=N1. The van der Waals surface area contributed by atoms with E-state index in [1.54, 1.807) is 11.8 Å². The molecule has 1 aliphatic heterocycles. The zero-order valence-electron chi connectivity index (χ0n) is 8.73. The van der Waals surface area contributed by atoms with Crippen LogP contribution in [-0.4, -0.2) is 18.8 Å². The maximum Gasteiger partial charge on any atom is 0.189 e. The zero-order valence-corrected chi connectivity index (χ0v) is 9.55. The first-order valence-corrected chi connectivity index (χ1v) is 6.24. The van der Waals surface area contributed by atoms with Gasteiger partial charge >= 0.3 is 0 Å². The summed E-state index contributed by atoms with van der Waals surface area (Å²) in [7, 11) is 0. The number of nitrogens with two attached hydrogens (primary N) is 1. The number of aliphatic imine (C=N–C) groups is 1. The van der Waals surface area contributed by atoms with Crippen LogP contribution >= 0.6 is 11.8 Å². The summed E-state index contributed by atoms with van der Waals surface area (Å²) in [5, 5.41) is 3.04. The van der Waals surface area contributed by atoms with E-state index in [-0.39, 0.29) is 6.04 Å². The predicted molar refractivity (Wildman–Crippen MR) is 65.2 cm³/mol. The number of hydrogen-bond donors (Lipinski definition) is 2. The van der Waals surface area contributed by atoms with Crippen LogP contribution in [0.15, 0.2) is 34.2 Å². The van der Waals surface area contributed by atoms with Crippen molar-refractivity contribution in [3.8, 4) is 0 Å². The summed E-state index contributed by atoms with van der Waals surface area (Å²) < 4.78 is 0. The Kier molecular flexibility index (Phi) is 3.16. The molecule has 3 nitrogen and oxygen atoms in total. The van der Waals surface area contributed by atoms with Gasteiger partial charge in [0, 0.05) is 11.4 Å². The molecule has 80 valence electrons. The van der Waals surface area contributed by atoms with Crippen molar-refractivity contribution in [2.24, 2.45) is 10.7 Å². The van der Waals surface area contributed by atoms with E-state index >= 15 is 0 Å². The van der Waals surface area contributed by atoms with E-state index in [1.165, 1.54) is 10.5 Å². The lowest BCUT2D eigenvalue weighted by molar-refractivity contribution is 0.593. The van der Waals surface area contributed by atoms with E-state index < -0.39 is 0 Å². The molecule has 2 rings (SSSR count). The second kappa shape index (κ2) is 4.57. The van der Waals surface area contributed by atoms with Crippen molar-refractivity contribution >= 4 is 17.7 Å². The van der Waals surface area contributed by atoms with E-state index in [0.717, 1.165) is 13.0 Å². The van der Waals surface area contributed by atoms with Gasteiger partial charge in [-0.3, -0.25) is 0 Å². The van der Waals surface area contributed by atoms with Crippen LogP contribution in [0.25, 0.3) is 0 Å². The maximum atomic E-state index is 5.69. The zero-order chi connectivity index (χ0) is 10.7. The van der Waals surface area contributed by atoms with Crippen LogP contribution in [0, 0.1) is 0 Å². The molecule has 0 spiro atoms. The number of nitrogens with one attached hydrogen (secondary N) is 1. The number of hydrogen-bond acceptors (Lipinski definition) is 4. The summed E-state index contributed by atoms with van der Waals surface area (Å²) in [6.45, 7) is 0.905. The highest BCUT2D eigenvalue weighted by Crippen LogP contribution is 2.30. The molecule has 1 aromatic rings. The highest BCUT2D eigenvalue weighted by molar-refractivity contribution is 7.98. The summed E-state index contributed by atoms with van der Waals surface area (Å²) in [5.41, 5.74) is 6.97.